The molecule has 4 aromatic rings. The molecule has 0 saturated heterocycles. The molecule has 7 nitrogen and oxygen atoms in total. The van der Waals surface area contributed by atoms with Gasteiger partial charge in [-0.25, -0.2) is 4.98 Å². The maximum atomic E-state index is 8.70. The summed E-state index contributed by atoms with van der Waals surface area (Å²) >= 11 is 12.8. The number of rotatable bonds is 5. The minimum absolute atomic E-state index is 0.341. The van der Waals surface area contributed by atoms with Gasteiger partial charge in [-0.05, 0) is 48.0 Å². The molecule has 2 aromatic heterocycles. The molecule has 0 saturated carbocycles. The number of terminal acetylenes is 1. The second-order valence-electron chi connectivity index (χ2n) is 6.29. The Morgan fingerprint density at radius 1 is 1.06 bits per heavy atom. The van der Waals surface area contributed by atoms with E-state index in [-0.39, 0.29) is 0 Å². The molecular weight excluding hydrogens is 433 g/mol. The number of hydrogen-bond acceptors (Lipinski definition) is 6. The molecule has 0 bridgehead atoms. The first kappa shape index (κ1) is 20.2. The molecule has 0 spiro atoms. The number of anilines is 4. The van der Waals surface area contributed by atoms with Gasteiger partial charge >= 0.3 is 0 Å². The molecule has 0 unspecified atom stereocenters. The minimum atomic E-state index is 0.341. The summed E-state index contributed by atoms with van der Waals surface area (Å²) in [5.41, 5.74) is 3.76. The third-order valence-corrected chi connectivity index (χ3v) is 4.84. The first-order valence-electron chi connectivity index (χ1n) is 8.94. The summed E-state index contributed by atoms with van der Waals surface area (Å²) in [5, 5.41) is 15.7. The van der Waals surface area contributed by atoms with Crippen LogP contribution >= 0.6 is 23.2 Å². The fourth-order valence-electron chi connectivity index (χ4n) is 2.82. The van der Waals surface area contributed by atoms with Gasteiger partial charge in [0.15, 0.2) is 17.0 Å². The highest BCUT2D eigenvalue weighted by molar-refractivity contribution is 6.39. The van der Waals surface area contributed by atoms with Crippen LogP contribution < -0.4 is 10.6 Å². The molecule has 31 heavy (non-hydrogen) atoms. The van der Waals surface area contributed by atoms with E-state index in [1.807, 2.05) is 30.3 Å². The summed E-state index contributed by atoms with van der Waals surface area (Å²) in [4.78, 5) is 16.2. The molecule has 0 fully saturated rings. The smallest absolute Gasteiger partial charge is 0.231 e. The monoisotopic (exact) mass is 445 g/mol. The van der Waals surface area contributed by atoms with Gasteiger partial charge in [0.1, 0.15) is 0 Å². The fraction of sp³-hybridized carbons (Fsp3) is 0. The largest absolute Gasteiger partial charge is 0.336 e. The highest BCUT2D eigenvalue weighted by Crippen LogP contribution is 2.35. The fourth-order valence-corrected chi connectivity index (χ4v) is 3.42. The Balaban J connectivity index is 1.69. The Morgan fingerprint density at radius 2 is 1.81 bits per heavy atom. The van der Waals surface area contributed by atoms with Gasteiger partial charge in [-0.15, -0.1) is 6.42 Å². The van der Waals surface area contributed by atoms with Crippen molar-refractivity contribution < 1.29 is 0 Å². The molecular formula is C22H13Cl2N7. The van der Waals surface area contributed by atoms with E-state index in [4.69, 9.17) is 34.9 Å². The number of nitrogens with zero attached hydrogens (tertiary/aromatic N) is 4. The van der Waals surface area contributed by atoms with Gasteiger partial charge in [0.2, 0.25) is 5.95 Å². The van der Waals surface area contributed by atoms with Crippen LogP contribution in [0.15, 0.2) is 48.8 Å². The number of allylic oxidation sites excluding steroid dienone is 1. The summed E-state index contributed by atoms with van der Waals surface area (Å²) in [6.07, 6.45) is 9.89. The maximum Gasteiger partial charge on any atom is 0.231 e. The van der Waals surface area contributed by atoms with Crippen molar-refractivity contribution in [2.45, 2.75) is 0 Å². The number of halogens is 2. The average Bonchev–Trinajstić information content (AvgIpc) is 3.24. The number of nitriles is 1. The molecule has 0 atom stereocenters. The van der Waals surface area contributed by atoms with Crippen LogP contribution in [-0.4, -0.2) is 19.9 Å². The minimum Gasteiger partial charge on any atom is -0.336 e. The summed E-state index contributed by atoms with van der Waals surface area (Å²) < 4.78 is 0. The van der Waals surface area contributed by atoms with Crippen LogP contribution in [0, 0.1) is 23.7 Å². The van der Waals surface area contributed by atoms with Crippen molar-refractivity contribution in [1.29, 1.82) is 5.26 Å². The summed E-state index contributed by atoms with van der Waals surface area (Å²) in [6.45, 7) is 0. The number of aromatic nitrogens is 4. The number of aromatic amines is 1. The van der Waals surface area contributed by atoms with Crippen LogP contribution in [0.4, 0.5) is 23.1 Å². The SMILES string of the molecule is C#Cc1ccc(Nc2nc(Nc3c(Cl)cc(/C=C/C#N)cc3Cl)c3nc[nH]c3n2)cc1. The second-order valence-corrected chi connectivity index (χ2v) is 7.10. The summed E-state index contributed by atoms with van der Waals surface area (Å²) in [7, 11) is 0. The maximum absolute atomic E-state index is 8.70. The Hall–Kier alpha value is -4.04. The van der Waals surface area contributed by atoms with E-state index in [1.165, 1.54) is 12.4 Å². The molecule has 2 heterocycles. The van der Waals surface area contributed by atoms with Crippen LogP contribution in [0.3, 0.4) is 0 Å². The van der Waals surface area contributed by atoms with Crippen LogP contribution in [-0.2, 0) is 0 Å². The van der Waals surface area contributed by atoms with E-state index < -0.39 is 0 Å². The Morgan fingerprint density at radius 3 is 2.48 bits per heavy atom. The lowest BCUT2D eigenvalue weighted by molar-refractivity contribution is 1.19. The molecule has 4 rings (SSSR count). The summed E-state index contributed by atoms with van der Waals surface area (Å²) in [6, 6.07) is 12.6. The van der Waals surface area contributed by atoms with Crippen molar-refractivity contribution >= 4 is 63.6 Å². The zero-order valence-electron chi connectivity index (χ0n) is 15.8. The Kier molecular flexibility index (Phi) is 5.72. The van der Waals surface area contributed by atoms with Crippen molar-refractivity contribution in [3.63, 3.8) is 0 Å². The molecule has 2 aromatic carbocycles. The van der Waals surface area contributed by atoms with Gasteiger partial charge in [0.05, 0.1) is 28.1 Å². The number of hydrogen-bond donors (Lipinski definition) is 3. The van der Waals surface area contributed by atoms with E-state index in [9.17, 15) is 0 Å². The second kappa shape index (κ2) is 8.76. The topological polar surface area (TPSA) is 102 Å². The lowest BCUT2D eigenvalue weighted by Crippen LogP contribution is -2.03. The van der Waals surface area contributed by atoms with Gasteiger partial charge in [-0.1, -0.05) is 29.1 Å². The Labute approximate surface area is 187 Å². The zero-order valence-corrected chi connectivity index (χ0v) is 17.3. The first-order valence-corrected chi connectivity index (χ1v) is 9.70. The zero-order chi connectivity index (χ0) is 21.8. The van der Waals surface area contributed by atoms with Gasteiger partial charge < -0.3 is 15.6 Å². The molecule has 0 aliphatic carbocycles. The van der Waals surface area contributed by atoms with Gasteiger partial charge in [0.25, 0.3) is 0 Å². The van der Waals surface area contributed by atoms with E-state index in [0.717, 1.165) is 11.3 Å². The number of imidazole rings is 1. The van der Waals surface area contributed by atoms with Crippen molar-refractivity contribution in [2.24, 2.45) is 0 Å². The van der Waals surface area contributed by atoms with Crippen molar-refractivity contribution in [3.05, 3.63) is 70.0 Å². The van der Waals surface area contributed by atoms with Crippen molar-refractivity contribution in [2.75, 3.05) is 10.6 Å². The van der Waals surface area contributed by atoms with E-state index in [0.29, 0.717) is 44.2 Å². The third-order valence-electron chi connectivity index (χ3n) is 4.24. The molecule has 9 heteroatoms. The molecule has 3 N–H and O–H groups in total. The van der Waals surface area contributed by atoms with Crippen LogP contribution in [0.5, 0.6) is 0 Å². The van der Waals surface area contributed by atoms with Crippen molar-refractivity contribution in [3.8, 4) is 18.4 Å². The molecule has 0 aliphatic rings. The lowest BCUT2D eigenvalue weighted by atomic mass is 10.2. The number of H-pyrrole nitrogens is 1. The quantitative estimate of drug-likeness (QED) is 0.270. The number of nitrogens with one attached hydrogen (secondary N) is 3. The average molecular weight is 446 g/mol. The van der Waals surface area contributed by atoms with Crippen LogP contribution in [0.25, 0.3) is 17.2 Å². The molecule has 0 radical (unpaired) electrons. The van der Waals surface area contributed by atoms with Crippen LogP contribution in [0.2, 0.25) is 10.0 Å². The van der Waals surface area contributed by atoms with Crippen molar-refractivity contribution in [1.82, 2.24) is 19.9 Å². The first-order chi connectivity index (χ1) is 15.1. The highest BCUT2D eigenvalue weighted by Gasteiger charge is 2.15. The molecule has 0 aliphatic heterocycles. The normalized spacial score (nSPS) is 10.7. The van der Waals surface area contributed by atoms with Crippen LogP contribution in [0.1, 0.15) is 11.1 Å². The predicted octanol–water partition coefficient (Wildman–Crippen LogP) is 5.66. The predicted molar refractivity (Wildman–Crippen MR) is 124 cm³/mol. The highest BCUT2D eigenvalue weighted by atomic mass is 35.5. The number of fused-ring (bicyclic) bond motifs is 1. The summed E-state index contributed by atoms with van der Waals surface area (Å²) in [5.74, 6) is 3.33. The van der Waals surface area contributed by atoms with Gasteiger partial charge in [-0.2, -0.15) is 15.2 Å². The standard InChI is InChI=1S/C22H13Cl2N7/c1-2-13-5-7-15(8-6-13)28-22-30-20-19(26-12-27-20)21(31-22)29-18-16(23)10-14(4-3-9-25)11-17(18)24/h1,3-8,10-12H,(H3,26,27,28,29,30,31)/b4-3+. The van der Waals surface area contributed by atoms with Gasteiger partial charge in [0, 0.05) is 17.3 Å². The molecule has 150 valence electrons. The van der Waals surface area contributed by atoms with E-state index >= 15 is 0 Å². The Bertz CT molecular complexity index is 1350. The molecule has 0 amide bonds. The number of benzene rings is 2. The van der Waals surface area contributed by atoms with Gasteiger partial charge in [-0.3, -0.25) is 0 Å². The third kappa shape index (κ3) is 4.44. The van der Waals surface area contributed by atoms with E-state index in [2.05, 4.69) is 36.5 Å². The lowest BCUT2D eigenvalue weighted by Gasteiger charge is -2.13. The van der Waals surface area contributed by atoms with E-state index in [1.54, 1.807) is 18.2 Å².